The minimum atomic E-state index is -0.213. The molecule has 0 bridgehead atoms. The summed E-state index contributed by atoms with van der Waals surface area (Å²) in [6.07, 6.45) is 1.95. The first kappa shape index (κ1) is 15.0. The average molecular weight is 314 g/mol. The van der Waals surface area contributed by atoms with E-state index in [9.17, 15) is 4.79 Å². The van der Waals surface area contributed by atoms with E-state index in [-0.39, 0.29) is 12.5 Å². The van der Waals surface area contributed by atoms with Gasteiger partial charge >= 0.3 is 5.97 Å². The van der Waals surface area contributed by atoms with Gasteiger partial charge in [-0.1, -0.05) is 19.4 Å². The van der Waals surface area contributed by atoms with Crippen LogP contribution in [-0.2, 0) is 9.53 Å². The number of nitrogens with one attached hydrogen (secondary N) is 1. The number of unbranched alkanes of at least 4 members (excludes halogenated alkanes) is 1. The van der Waals surface area contributed by atoms with Crippen molar-refractivity contribution in [2.45, 2.75) is 33.6 Å². The lowest BCUT2D eigenvalue weighted by Gasteiger charge is -2.12. The maximum absolute atomic E-state index is 11.5. The maximum atomic E-state index is 11.5. The average Bonchev–Trinajstić information content (AvgIpc) is 2.27. The molecule has 0 unspecified atom stereocenters. The Morgan fingerprint density at radius 3 is 2.72 bits per heavy atom. The predicted octanol–water partition coefficient (Wildman–Crippen LogP) is 3.82. The predicted molar refractivity (Wildman–Crippen MR) is 78.0 cm³/mol. The van der Waals surface area contributed by atoms with Crippen LogP contribution in [0.25, 0.3) is 0 Å². The highest BCUT2D eigenvalue weighted by atomic mass is 79.9. The van der Waals surface area contributed by atoms with Crippen molar-refractivity contribution < 1.29 is 9.53 Å². The molecule has 3 nitrogen and oxygen atoms in total. The summed E-state index contributed by atoms with van der Waals surface area (Å²) >= 11 is 3.50. The van der Waals surface area contributed by atoms with Crippen molar-refractivity contribution in [3.05, 3.63) is 27.7 Å². The monoisotopic (exact) mass is 313 g/mol. The molecule has 1 rings (SSSR count). The molecule has 0 atom stereocenters. The zero-order valence-electron chi connectivity index (χ0n) is 11.2. The van der Waals surface area contributed by atoms with E-state index in [2.05, 4.69) is 34.2 Å². The molecule has 0 saturated heterocycles. The number of aryl methyl sites for hydroxylation is 2. The molecule has 0 aliphatic heterocycles. The van der Waals surface area contributed by atoms with Crippen LogP contribution in [0, 0.1) is 13.8 Å². The van der Waals surface area contributed by atoms with Gasteiger partial charge in [-0.15, -0.1) is 0 Å². The van der Waals surface area contributed by atoms with Gasteiger partial charge in [0.2, 0.25) is 0 Å². The van der Waals surface area contributed by atoms with Crippen LogP contribution in [0.15, 0.2) is 16.6 Å². The Bertz CT molecular complexity index is 395. The molecule has 100 valence electrons. The summed E-state index contributed by atoms with van der Waals surface area (Å²) in [7, 11) is 0. The van der Waals surface area contributed by atoms with Crippen molar-refractivity contribution in [2.24, 2.45) is 0 Å². The summed E-state index contributed by atoms with van der Waals surface area (Å²) < 4.78 is 6.06. The van der Waals surface area contributed by atoms with Crippen LogP contribution in [-0.4, -0.2) is 19.1 Å². The van der Waals surface area contributed by atoms with E-state index in [0.717, 1.165) is 28.6 Å². The molecule has 0 aliphatic rings. The summed E-state index contributed by atoms with van der Waals surface area (Å²) in [4.78, 5) is 11.5. The van der Waals surface area contributed by atoms with Gasteiger partial charge < -0.3 is 10.1 Å². The van der Waals surface area contributed by atoms with E-state index in [0.29, 0.717) is 6.61 Å². The Kier molecular flexibility index (Phi) is 6.19. The summed E-state index contributed by atoms with van der Waals surface area (Å²) in [5.74, 6) is -0.213. The fourth-order valence-corrected chi connectivity index (χ4v) is 2.50. The van der Waals surface area contributed by atoms with Gasteiger partial charge in [-0.3, -0.25) is 4.79 Å². The number of hydrogen-bond donors (Lipinski definition) is 1. The summed E-state index contributed by atoms with van der Waals surface area (Å²) in [6, 6.07) is 4.10. The molecule has 0 aromatic heterocycles. The minimum Gasteiger partial charge on any atom is -0.464 e. The number of rotatable bonds is 6. The Hall–Kier alpha value is -1.03. The topological polar surface area (TPSA) is 38.3 Å². The number of benzene rings is 1. The van der Waals surface area contributed by atoms with Gasteiger partial charge in [-0.2, -0.15) is 0 Å². The first-order valence-electron chi connectivity index (χ1n) is 6.20. The molecule has 18 heavy (non-hydrogen) atoms. The van der Waals surface area contributed by atoms with Crippen molar-refractivity contribution in [2.75, 3.05) is 18.5 Å². The number of hydrogen-bond acceptors (Lipinski definition) is 3. The summed E-state index contributed by atoms with van der Waals surface area (Å²) in [5.41, 5.74) is 3.26. The van der Waals surface area contributed by atoms with E-state index < -0.39 is 0 Å². The van der Waals surface area contributed by atoms with E-state index in [1.807, 2.05) is 19.9 Å². The third-order valence-corrected chi connectivity index (χ3v) is 3.23. The fraction of sp³-hybridized carbons (Fsp3) is 0.500. The van der Waals surface area contributed by atoms with Gasteiger partial charge in [0.05, 0.1) is 12.3 Å². The van der Waals surface area contributed by atoms with Crippen LogP contribution in [0.1, 0.15) is 30.9 Å². The zero-order valence-corrected chi connectivity index (χ0v) is 12.8. The molecule has 0 saturated carbocycles. The maximum Gasteiger partial charge on any atom is 0.325 e. The van der Waals surface area contributed by atoms with Crippen LogP contribution >= 0.6 is 15.9 Å². The van der Waals surface area contributed by atoms with Crippen LogP contribution in [0.2, 0.25) is 0 Å². The molecule has 0 heterocycles. The van der Waals surface area contributed by atoms with Gasteiger partial charge in [-0.05, 0) is 53.4 Å². The number of carbonyl (C=O) groups is 1. The second kappa shape index (κ2) is 7.41. The lowest BCUT2D eigenvalue weighted by molar-refractivity contribution is -0.141. The molecule has 0 radical (unpaired) electrons. The van der Waals surface area contributed by atoms with Crippen LogP contribution in [0.4, 0.5) is 5.69 Å². The Balaban J connectivity index is 2.51. The van der Waals surface area contributed by atoms with Crippen molar-refractivity contribution in [3.8, 4) is 0 Å². The Morgan fingerprint density at radius 2 is 2.11 bits per heavy atom. The molecule has 1 aromatic rings. The smallest absolute Gasteiger partial charge is 0.325 e. The van der Waals surface area contributed by atoms with Gasteiger partial charge in [0, 0.05) is 4.47 Å². The number of halogens is 1. The first-order valence-corrected chi connectivity index (χ1v) is 7.00. The molecule has 1 N–H and O–H groups in total. The van der Waals surface area contributed by atoms with Crippen molar-refractivity contribution >= 4 is 27.6 Å². The molecule has 1 aromatic carbocycles. The van der Waals surface area contributed by atoms with Crippen molar-refractivity contribution in [1.29, 1.82) is 0 Å². The fourth-order valence-electron chi connectivity index (χ4n) is 1.68. The van der Waals surface area contributed by atoms with E-state index in [1.165, 1.54) is 5.56 Å². The lowest BCUT2D eigenvalue weighted by Crippen LogP contribution is -2.18. The van der Waals surface area contributed by atoms with Gasteiger partial charge in [-0.25, -0.2) is 0 Å². The van der Waals surface area contributed by atoms with Crippen LogP contribution in [0.3, 0.4) is 0 Å². The van der Waals surface area contributed by atoms with Gasteiger partial charge in [0.25, 0.3) is 0 Å². The minimum absolute atomic E-state index is 0.201. The highest BCUT2D eigenvalue weighted by Gasteiger charge is 2.07. The number of carbonyl (C=O) groups excluding carboxylic acids is 1. The lowest BCUT2D eigenvalue weighted by atomic mass is 10.1. The highest BCUT2D eigenvalue weighted by molar-refractivity contribution is 9.10. The molecule has 0 spiro atoms. The second-order valence-electron chi connectivity index (χ2n) is 4.37. The second-order valence-corrected chi connectivity index (χ2v) is 5.22. The van der Waals surface area contributed by atoms with Crippen LogP contribution in [0.5, 0.6) is 0 Å². The molecule has 4 heteroatoms. The van der Waals surface area contributed by atoms with Gasteiger partial charge in [0.15, 0.2) is 0 Å². The normalized spacial score (nSPS) is 10.2. The molecular weight excluding hydrogens is 294 g/mol. The number of anilines is 1. The molecule has 0 amide bonds. The largest absolute Gasteiger partial charge is 0.464 e. The van der Waals surface area contributed by atoms with Crippen molar-refractivity contribution in [1.82, 2.24) is 0 Å². The standard InChI is InChI=1S/C14H20BrNO2/c1-4-5-6-18-13(17)9-16-14-11(3)7-10(2)8-12(14)15/h7-8,16H,4-6,9H2,1-3H3. The first-order chi connectivity index (χ1) is 8.54. The molecule has 0 aliphatic carbocycles. The third kappa shape index (κ3) is 4.69. The quantitative estimate of drug-likeness (QED) is 0.641. The van der Waals surface area contributed by atoms with E-state index >= 15 is 0 Å². The van der Waals surface area contributed by atoms with Gasteiger partial charge in [0.1, 0.15) is 6.54 Å². The number of esters is 1. The van der Waals surface area contributed by atoms with Crippen molar-refractivity contribution in [3.63, 3.8) is 0 Å². The van der Waals surface area contributed by atoms with E-state index in [1.54, 1.807) is 0 Å². The SMILES string of the molecule is CCCCOC(=O)CNc1c(C)cc(C)cc1Br. The molecule has 0 fully saturated rings. The Labute approximate surface area is 117 Å². The van der Waals surface area contributed by atoms with Crippen LogP contribution < -0.4 is 5.32 Å². The Morgan fingerprint density at radius 1 is 1.39 bits per heavy atom. The van der Waals surface area contributed by atoms with E-state index in [4.69, 9.17) is 4.74 Å². The molecular formula is C14H20BrNO2. The number of ether oxygens (including phenoxy) is 1. The summed E-state index contributed by atoms with van der Waals surface area (Å²) in [5, 5.41) is 3.11. The zero-order chi connectivity index (χ0) is 13.5. The highest BCUT2D eigenvalue weighted by Crippen LogP contribution is 2.27. The third-order valence-electron chi connectivity index (χ3n) is 2.60. The summed E-state index contributed by atoms with van der Waals surface area (Å²) in [6.45, 7) is 6.83.